The molecule has 164 valence electrons. The van der Waals surface area contributed by atoms with Crippen molar-refractivity contribution in [1.82, 2.24) is 19.5 Å². The third kappa shape index (κ3) is 3.69. The van der Waals surface area contributed by atoms with Gasteiger partial charge in [0.05, 0.1) is 28.0 Å². The number of likely N-dealkylation sites (tertiary alicyclic amines) is 1. The molecule has 1 aromatic carbocycles. The molecule has 1 amide bonds. The van der Waals surface area contributed by atoms with E-state index in [9.17, 15) is 9.18 Å². The first kappa shape index (κ1) is 21.4. The van der Waals surface area contributed by atoms with Gasteiger partial charge in [0.25, 0.3) is 5.91 Å². The summed E-state index contributed by atoms with van der Waals surface area (Å²) >= 11 is 6.18. The van der Waals surface area contributed by atoms with Crippen LogP contribution in [0.3, 0.4) is 0 Å². The number of nitrogens with zero attached hydrogens (tertiary/aromatic N) is 4. The van der Waals surface area contributed by atoms with Gasteiger partial charge in [-0.05, 0) is 45.2 Å². The Morgan fingerprint density at radius 3 is 2.68 bits per heavy atom. The molecule has 2 aromatic heterocycles. The molecule has 7 nitrogen and oxygen atoms in total. The van der Waals surface area contributed by atoms with E-state index in [4.69, 9.17) is 16.7 Å². The quantitative estimate of drug-likeness (QED) is 0.615. The first-order valence-corrected chi connectivity index (χ1v) is 10.8. The van der Waals surface area contributed by atoms with E-state index in [1.807, 2.05) is 27.0 Å². The van der Waals surface area contributed by atoms with Crippen LogP contribution in [-0.4, -0.2) is 46.0 Å². The van der Waals surface area contributed by atoms with Gasteiger partial charge in [-0.3, -0.25) is 4.79 Å². The summed E-state index contributed by atoms with van der Waals surface area (Å²) < 4.78 is 15.9. The lowest BCUT2D eigenvalue weighted by atomic mass is 9.97. The van der Waals surface area contributed by atoms with E-state index in [1.54, 1.807) is 16.5 Å². The molecule has 0 spiro atoms. The summed E-state index contributed by atoms with van der Waals surface area (Å²) in [7, 11) is 3.52. The van der Waals surface area contributed by atoms with Gasteiger partial charge in [-0.15, -0.1) is 0 Å². The van der Waals surface area contributed by atoms with Gasteiger partial charge in [0, 0.05) is 38.0 Å². The molecule has 0 saturated carbocycles. The predicted molar refractivity (Wildman–Crippen MR) is 121 cm³/mol. The molecule has 1 saturated heterocycles. The molecule has 1 fully saturated rings. The Morgan fingerprint density at radius 1 is 1.19 bits per heavy atom. The number of rotatable bonds is 4. The number of aryl methyl sites for hydroxylation is 1. The number of benzene rings is 1. The second-order valence-corrected chi connectivity index (χ2v) is 8.24. The number of carbonyl (C=O) groups excluding carboxylic acids is 1. The molecule has 3 heterocycles. The van der Waals surface area contributed by atoms with E-state index in [2.05, 4.69) is 15.6 Å². The molecule has 1 atom stereocenters. The minimum absolute atomic E-state index is 0.181. The average molecular weight is 445 g/mol. The fourth-order valence-electron chi connectivity index (χ4n) is 4.31. The van der Waals surface area contributed by atoms with Gasteiger partial charge < -0.3 is 15.5 Å². The number of carbonyl (C=O) groups is 1. The second kappa shape index (κ2) is 8.34. The Bertz CT molecular complexity index is 1160. The lowest BCUT2D eigenvalue weighted by Crippen LogP contribution is -2.39. The van der Waals surface area contributed by atoms with Crippen LogP contribution in [0.1, 0.15) is 52.6 Å². The molecule has 31 heavy (non-hydrogen) atoms. The maximum absolute atomic E-state index is 14.1. The first-order valence-electron chi connectivity index (χ1n) is 10.4. The van der Waals surface area contributed by atoms with E-state index in [0.29, 0.717) is 12.2 Å². The van der Waals surface area contributed by atoms with Crippen LogP contribution in [0.25, 0.3) is 5.65 Å². The zero-order chi connectivity index (χ0) is 22.3. The minimum atomic E-state index is -0.539. The number of piperidine rings is 1. The summed E-state index contributed by atoms with van der Waals surface area (Å²) in [5.41, 5.74) is 4.10. The van der Waals surface area contributed by atoms with Crippen molar-refractivity contribution in [1.29, 1.82) is 0 Å². The van der Waals surface area contributed by atoms with Crippen molar-refractivity contribution in [3.05, 3.63) is 51.6 Å². The number of anilines is 2. The topological polar surface area (TPSA) is 74.6 Å². The van der Waals surface area contributed by atoms with Gasteiger partial charge >= 0.3 is 0 Å². The highest BCUT2D eigenvalue weighted by molar-refractivity contribution is 6.34. The van der Waals surface area contributed by atoms with Gasteiger partial charge in [0.2, 0.25) is 0 Å². The van der Waals surface area contributed by atoms with Crippen molar-refractivity contribution < 1.29 is 9.18 Å². The summed E-state index contributed by atoms with van der Waals surface area (Å²) in [5.74, 6) is 0.0703. The molecule has 1 aliphatic heterocycles. The van der Waals surface area contributed by atoms with E-state index in [-0.39, 0.29) is 22.5 Å². The number of halogens is 2. The van der Waals surface area contributed by atoms with Gasteiger partial charge in [0.15, 0.2) is 5.65 Å². The minimum Gasteiger partial charge on any atom is -0.386 e. The van der Waals surface area contributed by atoms with Crippen LogP contribution in [-0.2, 0) is 0 Å². The van der Waals surface area contributed by atoms with Gasteiger partial charge in [-0.1, -0.05) is 11.6 Å². The normalized spacial score (nSPS) is 16.6. The van der Waals surface area contributed by atoms with Gasteiger partial charge in [-0.25, -0.2) is 9.37 Å². The number of hydrogen-bond acceptors (Lipinski definition) is 5. The third-order valence-electron chi connectivity index (χ3n) is 5.98. The highest BCUT2D eigenvalue weighted by Crippen LogP contribution is 2.35. The first-order chi connectivity index (χ1) is 14.8. The van der Waals surface area contributed by atoms with E-state index < -0.39 is 5.82 Å². The summed E-state index contributed by atoms with van der Waals surface area (Å²) in [5, 5.41) is 11.1. The summed E-state index contributed by atoms with van der Waals surface area (Å²) in [6.45, 7) is 4.53. The summed E-state index contributed by atoms with van der Waals surface area (Å²) in [6.07, 6.45) is 2.64. The Balaban J connectivity index is 1.78. The van der Waals surface area contributed by atoms with Crippen molar-refractivity contribution in [3.63, 3.8) is 0 Å². The van der Waals surface area contributed by atoms with E-state index >= 15 is 0 Å². The molecule has 4 rings (SSSR count). The maximum Gasteiger partial charge on any atom is 0.256 e. The number of hydrogen-bond donors (Lipinski definition) is 2. The maximum atomic E-state index is 14.1. The number of nitrogens with one attached hydrogen (secondary N) is 2. The fourth-order valence-corrected chi connectivity index (χ4v) is 4.61. The van der Waals surface area contributed by atoms with Crippen LogP contribution < -0.4 is 10.6 Å². The van der Waals surface area contributed by atoms with Crippen LogP contribution in [0.4, 0.5) is 15.9 Å². The molecular weight excluding hydrogens is 419 g/mol. The zero-order valence-corrected chi connectivity index (χ0v) is 18.8. The van der Waals surface area contributed by atoms with Crippen LogP contribution in [0.5, 0.6) is 0 Å². The molecule has 3 aromatic rings. The molecular formula is C22H26ClFN6O. The number of fused-ring (bicyclic) bond motifs is 1. The molecule has 1 aliphatic rings. The van der Waals surface area contributed by atoms with Crippen molar-refractivity contribution in [2.24, 2.45) is 0 Å². The molecule has 2 N–H and O–H groups in total. The van der Waals surface area contributed by atoms with Gasteiger partial charge in [0.1, 0.15) is 11.6 Å². The van der Waals surface area contributed by atoms with E-state index in [0.717, 1.165) is 47.7 Å². The van der Waals surface area contributed by atoms with E-state index in [1.165, 1.54) is 12.1 Å². The largest absolute Gasteiger partial charge is 0.386 e. The fraction of sp³-hybridized carbons (Fsp3) is 0.409. The molecule has 0 unspecified atom stereocenters. The van der Waals surface area contributed by atoms with Crippen molar-refractivity contribution in [3.8, 4) is 0 Å². The predicted octanol–water partition coefficient (Wildman–Crippen LogP) is 4.59. The summed E-state index contributed by atoms with van der Waals surface area (Å²) in [6, 6.07) is 4.15. The molecule has 0 radical (unpaired) electrons. The Kier molecular flexibility index (Phi) is 5.75. The molecule has 9 heteroatoms. The van der Waals surface area contributed by atoms with Crippen molar-refractivity contribution in [2.75, 3.05) is 31.3 Å². The molecule has 0 aliphatic carbocycles. The van der Waals surface area contributed by atoms with Crippen LogP contribution in [0, 0.1) is 19.7 Å². The monoisotopic (exact) mass is 444 g/mol. The van der Waals surface area contributed by atoms with Crippen LogP contribution in [0.2, 0.25) is 5.02 Å². The van der Waals surface area contributed by atoms with Crippen LogP contribution in [0.15, 0.2) is 18.2 Å². The SMILES string of the molecule is CNc1c(Cl)cc(F)cc1C(=O)N1CCCC[C@H]1c1cc2nc(C)c(C)c(NC)n2n1. The zero-order valence-electron chi connectivity index (χ0n) is 18.1. The Hall–Kier alpha value is -2.87. The third-order valence-corrected chi connectivity index (χ3v) is 6.28. The Morgan fingerprint density at radius 2 is 1.97 bits per heavy atom. The van der Waals surface area contributed by atoms with Crippen LogP contribution >= 0.6 is 11.6 Å². The number of aromatic nitrogens is 3. The smallest absolute Gasteiger partial charge is 0.256 e. The van der Waals surface area contributed by atoms with Crippen molar-refractivity contribution in [2.45, 2.75) is 39.2 Å². The highest BCUT2D eigenvalue weighted by Gasteiger charge is 2.32. The molecule has 0 bridgehead atoms. The highest BCUT2D eigenvalue weighted by atomic mass is 35.5. The average Bonchev–Trinajstić information content (AvgIpc) is 3.17. The lowest BCUT2D eigenvalue weighted by molar-refractivity contribution is 0.0606. The second-order valence-electron chi connectivity index (χ2n) is 7.83. The lowest BCUT2D eigenvalue weighted by Gasteiger charge is -2.35. The Labute approximate surface area is 185 Å². The summed E-state index contributed by atoms with van der Waals surface area (Å²) in [4.78, 5) is 19.9. The standard InChI is InChI=1S/C22H26ClFN6O/c1-12-13(2)27-19-11-17(28-30(19)21(12)26-4)18-7-5-6-8-29(18)22(31)15-9-14(24)10-16(23)20(15)25-3/h9-11,18,25-26H,5-8H2,1-4H3/t18-/m0/s1. The number of amides is 1. The van der Waals surface area contributed by atoms with Gasteiger partial charge in [-0.2, -0.15) is 9.61 Å². The van der Waals surface area contributed by atoms with Crippen molar-refractivity contribution >= 4 is 34.7 Å².